The van der Waals surface area contributed by atoms with Crippen molar-refractivity contribution in [2.75, 3.05) is 0 Å². The van der Waals surface area contributed by atoms with Gasteiger partial charge in [-0.25, -0.2) is 0 Å². The van der Waals surface area contributed by atoms with Gasteiger partial charge in [0.25, 0.3) is 0 Å². The number of aromatic amines is 1. The molecule has 0 radical (unpaired) electrons. The van der Waals surface area contributed by atoms with Crippen molar-refractivity contribution in [2.24, 2.45) is 4.99 Å². The van der Waals surface area contributed by atoms with Crippen molar-refractivity contribution in [1.82, 2.24) is 4.98 Å². The molecule has 1 atom stereocenters. The molecule has 1 aromatic carbocycles. The fourth-order valence-corrected chi connectivity index (χ4v) is 2.90. The van der Waals surface area contributed by atoms with Gasteiger partial charge < -0.3 is 4.98 Å². The number of fused-ring (bicyclic) bond motifs is 6. The predicted molar refractivity (Wildman–Crippen MR) is 75.9 cm³/mol. The number of hydrogen-bond donors (Lipinski definition) is 1. The van der Waals surface area contributed by atoms with Crippen LogP contribution in [0.15, 0.2) is 47.0 Å². The maximum absolute atomic E-state index is 4.66. The topological polar surface area (TPSA) is 28.1 Å². The quantitative estimate of drug-likeness (QED) is 0.713. The van der Waals surface area contributed by atoms with Crippen LogP contribution in [0, 0.1) is 0 Å². The Morgan fingerprint density at radius 2 is 2.17 bits per heavy atom. The van der Waals surface area contributed by atoms with Crippen LogP contribution >= 0.6 is 0 Å². The van der Waals surface area contributed by atoms with Crippen LogP contribution in [0.2, 0.25) is 0 Å². The van der Waals surface area contributed by atoms with E-state index < -0.39 is 0 Å². The number of nitrogens with zero attached hydrogens (tertiary/aromatic N) is 1. The first-order valence-corrected chi connectivity index (χ1v) is 6.40. The molecule has 0 saturated carbocycles. The molecule has 1 aliphatic heterocycles. The largest absolute Gasteiger partial charge is 0.356 e. The van der Waals surface area contributed by atoms with Crippen molar-refractivity contribution < 1.29 is 0 Å². The first kappa shape index (κ1) is 9.89. The van der Waals surface area contributed by atoms with E-state index in [0.717, 1.165) is 12.8 Å². The number of allylic oxidation sites excluding steroid dienone is 2. The van der Waals surface area contributed by atoms with Gasteiger partial charge >= 0.3 is 0 Å². The summed E-state index contributed by atoms with van der Waals surface area (Å²) in [5.41, 5.74) is 5.23. The third-order valence-corrected chi connectivity index (χ3v) is 3.80. The Bertz CT molecular complexity index is 701. The Balaban J connectivity index is 2.02. The zero-order valence-electron chi connectivity index (χ0n) is 10.1. The SMILES string of the molecule is C1=Cc2c([nH]c3ccccc23)[C@@H]2CC(=C1)CC=N2. The third-order valence-electron chi connectivity index (χ3n) is 3.80. The Morgan fingerprint density at radius 3 is 3.17 bits per heavy atom. The Morgan fingerprint density at radius 1 is 1.22 bits per heavy atom. The van der Waals surface area contributed by atoms with Crippen LogP contribution in [0.3, 0.4) is 0 Å². The highest BCUT2D eigenvalue weighted by Crippen LogP contribution is 2.36. The van der Waals surface area contributed by atoms with E-state index in [1.165, 1.54) is 27.7 Å². The van der Waals surface area contributed by atoms with Gasteiger partial charge in [0.2, 0.25) is 0 Å². The molecule has 0 unspecified atom stereocenters. The molecule has 2 bridgehead atoms. The fourth-order valence-electron chi connectivity index (χ4n) is 2.90. The van der Waals surface area contributed by atoms with Gasteiger partial charge in [-0.15, -0.1) is 0 Å². The van der Waals surface area contributed by atoms with Gasteiger partial charge in [-0.05, 0) is 12.5 Å². The number of aliphatic imine (C=N–C) groups is 1. The molecule has 0 spiro atoms. The van der Waals surface area contributed by atoms with Gasteiger partial charge in [-0.1, -0.05) is 42.0 Å². The van der Waals surface area contributed by atoms with Crippen molar-refractivity contribution in [1.29, 1.82) is 0 Å². The summed E-state index contributed by atoms with van der Waals surface area (Å²) in [6.45, 7) is 0. The lowest BCUT2D eigenvalue weighted by atomic mass is 9.93. The van der Waals surface area contributed by atoms with Crippen LogP contribution in [-0.2, 0) is 0 Å². The molecule has 0 fully saturated rings. The van der Waals surface area contributed by atoms with Gasteiger partial charge in [0.05, 0.1) is 6.04 Å². The van der Waals surface area contributed by atoms with Crippen molar-refractivity contribution in [2.45, 2.75) is 18.9 Å². The van der Waals surface area contributed by atoms with Gasteiger partial charge in [0.1, 0.15) is 0 Å². The molecule has 0 amide bonds. The van der Waals surface area contributed by atoms with Crippen molar-refractivity contribution in [3.05, 3.63) is 53.2 Å². The molecule has 2 aliphatic rings. The van der Waals surface area contributed by atoms with E-state index in [9.17, 15) is 0 Å². The Labute approximate surface area is 106 Å². The lowest BCUT2D eigenvalue weighted by Gasteiger charge is -2.19. The molecule has 4 rings (SSSR count). The zero-order chi connectivity index (χ0) is 11.9. The minimum atomic E-state index is 0.261. The third kappa shape index (κ3) is 1.39. The average molecular weight is 234 g/mol. The smallest absolute Gasteiger partial charge is 0.0937 e. The van der Waals surface area contributed by atoms with E-state index in [0.29, 0.717) is 0 Å². The van der Waals surface area contributed by atoms with Gasteiger partial charge in [0, 0.05) is 34.8 Å². The molecule has 88 valence electrons. The number of benzene rings is 1. The highest BCUT2D eigenvalue weighted by molar-refractivity contribution is 5.91. The maximum Gasteiger partial charge on any atom is 0.0937 e. The summed E-state index contributed by atoms with van der Waals surface area (Å²) in [5.74, 6) is 0. The molecule has 2 heteroatoms. The van der Waals surface area contributed by atoms with Crippen LogP contribution in [0.4, 0.5) is 0 Å². The summed E-state index contributed by atoms with van der Waals surface area (Å²) in [5, 5.41) is 1.29. The number of nitrogens with one attached hydrogen (secondary N) is 1. The standard InChI is InChI=1S/C16H14N2/c1-2-7-14-12(5-1)13-6-3-4-11-8-9-17-15(10-11)16(13)18-14/h1-7,9,15,18H,8,10H2/t15-/m0/s1. The summed E-state index contributed by atoms with van der Waals surface area (Å²) in [6.07, 6.45) is 10.7. The summed E-state index contributed by atoms with van der Waals surface area (Å²) in [7, 11) is 0. The van der Waals surface area contributed by atoms with E-state index >= 15 is 0 Å². The average Bonchev–Trinajstić information content (AvgIpc) is 2.77. The Hall–Kier alpha value is -2.09. The first-order valence-electron chi connectivity index (χ1n) is 6.40. The van der Waals surface area contributed by atoms with Crippen molar-refractivity contribution >= 4 is 23.2 Å². The lowest BCUT2D eigenvalue weighted by molar-refractivity contribution is 0.676. The van der Waals surface area contributed by atoms with Crippen LogP contribution in [0.5, 0.6) is 0 Å². The number of aromatic nitrogens is 1. The second-order valence-electron chi connectivity index (χ2n) is 4.94. The lowest BCUT2D eigenvalue weighted by Crippen LogP contribution is -2.07. The maximum atomic E-state index is 4.66. The van der Waals surface area contributed by atoms with Crippen LogP contribution < -0.4 is 0 Å². The molecule has 0 saturated heterocycles. The second-order valence-corrected chi connectivity index (χ2v) is 4.94. The summed E-state index contributed by atoms with van der Waals surface area (Å²) < 4.78 is 0. The van der Waals surface area contributed by atoms with E-state index in [1.807, 2.05) is 0 Å². The van der Waals surface area contributed by atoms with Gasteiger partial charge in [-0.2, -0.15) is 0 Å². The molecule has 2 nitrogen and oxygen atoms in total. The molecule has 2 aromatic rings. The minimum absolute atomic E-state index is 0.261. The van der Waals surface area contributed by atoms with Crippen molar-refractivity contribution in [3.8, 4) is 0 Å². The van der Waals surface area contributed by atoms with Gasteiger partial charge in [0.15, 0.2) is 0 Å². The molecule has 1 aromatic heterocycles. The van der Waals surface area contributed by atoms with E-state index in [2.05, 4.69) is 58.7 Å². The van der Waals surface area contributed by atoms with Crippen LogP contribution in [0.25, 0.3) is 17.0 Å². The van der Waals surface area contributed by atoms with Crippen molar-refractivity contribution in [3.63, 3.8) is 0 Å². The molecule has 1 aliphatic carbocycles. The van der Waals surface area contributed by atoms with Crippen LogP contribution in [0.1, 0.15) is 30.1 Å². The molecular weight excluding hydrogens is 220 g/mol. The number of rotatable bonds is 0. The fraction of sp³-hybridized carbons (Fsp3) is 0.188. The normalized spacial score (nSPS) is 21.3. The molecule has 2 heterocycles. The van der Waals surface area contributed by atoms with E-state index in [4.69, 9.17) is 0 Å². The summed E-state index contributed by atoms with van der Waals surface area (Å²) in [6, 6.07) is 8.73. The number of hydrogen-bond acceptors (Lipinski definition) is 1. The monoisotopic (exact) mass is 234 g/mol. The van der Waals surface area contributed by atoms with E-state index in [-0.39, 0.29) is 6.04 Å². The predicted octanol–water partition coefficient (Wildman–Crippen LogP) is 4.03. The van der Waals surface area contributed by atoms with E-state index in [1.54, 1.807) is 0 Å². The second kappa shape index (κ2) is 3.70. The highest BCUT2D eigenvalue weighted by Gasteiger charge is 2.22. The first-order chi connectivity index (χ1) is 8.92. The van der Waals surface area contributed by atoms with Gasteiger partial charge in [-0.3, -0.25) is 4.99 Å². The number of H-pyrrole nitrogens is 1. The van der Waals surface area contributed by atoms with Crippen LogP contribution in [-0.4, -0.2) is 11.2 Å². The Kier molecular flexibility index (Phi) is 2.04. The molecule has 1 N–H and O–H groups in total. The molecular formula is C16H14N2. The minimum Gasteiger partial charge on any atom is -0.356 e. The zero-order valence-corrected chi connectivity index (χ0v) is 10.1. The highest BCUT2D eigenvalue weighted by atomic mass is 14.9. The summed E-state index contributed by atoms with van der Waals surface area (Å²) in [4.78, 5) is 8.20. The number of para-hydroxylation sites is 1. The molecule has 18 heavy (non-hydrogen) atoms. The summed E-state index contributed by atoms with van der Waals surface area (Å²) >= 11 is 0.